The van der Waals surface area contributed by atoms with Crippen LogP contribution in [0.4, 0.5) is 5.82 Å². The van der Waals surface area contributed by atoms with Crippen LogP contribution >= 0.6 is 0 Å². The van der Waals surface area contributed by atoms with E-state index in [4.69, 9.17) is 20.4 Å². The Hall–Kier alpha value is -1.86. The van der Waals surface area contributed by atoms with Crippen LogP contribution in [0, 0.1) is 0 Å². The second-order valence-electron chi connectivity index (χ2n) is 4.24. The minimum absolute atomic E-state index is 0.0379. The van der Waals surface area contributed by atoms with Gasteiger partial charge in [0.2, 0.25) is 0 Å². The summed E-state index contributed by atoms with van der Waals surface area (Å²) in [5, 5.41) is 11.9. The number of hydrogen-bond acceptors (Lipinski definition) is 6. The molecule has 7 heteroatoms. The van der Waals surface area contributed by atoms with Gasteiger partial charge in [0, 0.05) is 32.5 Å². The van der Waals surface area contributed by atoms with Gasteiger partial charge in [0.05, 0.1) is 18.8 Å². The van der Waals surface area contributed by atoms with Crippen molar-refractivity contribution in [3.63, 3.8) is 0 Å². The normalized spacial score (nSPS) is 11.6. The van der Waals surface area contributed by atoms with Crippen molar-refractivity contribution in [2.24, 2.45) is 10.9 Å². The third-order valence-electron chi connectivity index (χ3n) is 2.89. The van der Waals surface area contributed by atoms with Crippen molar-refractivity contribution in [3.05, 3.63) is 23.9 Å². The Balaban J connectivity index is 2.89. The number of hydrogen-bond donors (Lipinski definition) is 2. The number of ether oxygens (including phenoxy) is 2. The lowest BCUT2D eigenvalue weighted by Gasteiger charge is -2.25. The van der Waals surface area contributed by atoms with Crippen molar-refractivity contribution in [1.29, 1.82) is 0 Å². The van der Waals surface area contributed by atoms with Crippen molar-refractivity contribution in [2.45, 2.75) is 13.8 Å². The van der Waals surface area contributed by atoms with Crippen LogP contribution in [0.1, 0.15) is 19.4 Å². The predicted molar refractivity (Wildman–Crippen MR) is 81.9 cm³/mol. The summed E-state index contributed by atoms with van der Waals surface area (Å²) in [6, 6.07) is 3.52. The lowest BCUT2D eigenvalue weighted by molar-refractivity contribution is 0.141. The van der Waals surface area contributed by atoms with Crippen LogP contribution in [0.25, 0.3) is 0 Å². The van der Waals surface area contributed by atoms with Crippen LogP contribution in [0.2, 0.25) is 0 Å². The van der Waals surface area contributed by atoms with Gasteiger partial charge in [0.15, 0.2) is 5.84 Å². The van der Waals surface area contributed by atoms with E-state index >= 15 is 0 Å². The first-order chi connectivity index (χ1) is 10.2. The van der Waals surface area contributed by atoms with E-state index in [0.717, 1.165) is 0 Å². The topological polar surface area (TPSA) is 93.2 Å². The first-order valence-electron chi connectivity index (χ1n) is 7.07. The largest absolute Gasteiger partial charge is 0.409 e. The van der Waals surface area contributed by atoms with E-state index in [1.807, 2.05) is 18.7 Å². The van der Waals surface area contributed by atoms with E-state index in [1.165, 1.54) is 0 Å². The number of pyridine rings is 1. The summed E-state index contributed by atoms with van der Waals surface area (Å²) in [6.07, 6.45) is 1.68. The summed E-state index contributed by atoms with van der Waals surface area (Å²) in [7, 11) is 0. The molecule has 1 rings (SSSR count). The molecular formula is C14H24N4O3. The summed E-state index contributed by atoms with van der Waals surface area (Å²) in [6.45, 7) is 7.69. The predicted octanol–water partition coefficient (Wildman–Crippen LogP) is 1.06. The molecule has 0 aliphatic carbocycles. The summed E-state index contributed by atoms with van der Waals surface area (Å²) in [5.74, 6) is 0.697. The van der Waals surface area contributed by atoms with E-state index < -0.39 is 0 Å². The average molecular weight is 296 g/mol. The van der Waals surface area contributed by atoms with E-state index in [-0.39, 0.29) is 5.84 Å². The van der Waals surface area contributed by atoms with Crippen LogP contribution in [-0.2, 0) is 9.47 Å². The SMILES string of the molecule is CCOCCN(CCOCC)c1ncccc1/C(N)=N/O. The fraction of sp³-hybridized carbons (Fsp3) is 0.571. The van der Waals surface area contributed by atoms with E-state index in [9.17, 15) is 0 Å². The third-order valence-corrected chi connectivity index (χ3v) is 2.89. The molecule has 0 spiro atoms. The van der Waals surface area contributed by atoms with Gasteiger partial charge in [-0.25, -0.2) is 4.98 Å². The molecule has 0 fully saturated rings. The molecule has 118 valence electrons. The highest BCUT2D eigenvalue weighted by molar-refractivity contribution is 6.01. The van der Waals surface area contributed by atoms with Gasteiger partial charge in [0.1, 0.15) is 5.82 Å². The maximum atomic E-state index is 8.89. The number of nitrogens with two attached hydrogens (primary N) is 1. The van der Waals surface area contributed by atoms with Gasteiger partial charge in [0.25, 0.3) is 0 Å². The van der Waals surface area contributed by atoms with Gasteiger partial charge in [-0.1, -0.05) is 5.16 Å². The Labute approximate surface area is 125 Å². The molecule has 1 heterocycles. The number of oxime groups is 1. The molecule has 0 atom stereocenters. The van der Waals surface area contributed by atoms with Gasteiger partial charge in [-0.3, -0.25) is 0 Å². The van der Waals surface area contributed by atoms with Crippen LogP contribution < -0.4 is 10.6 Å². The van der Waals surface area contributed by atoms with Gasteiger partial charge < -0.3 is 25.3 Å². The molecule has 0 amide bonds. The quantitative estimate of drug-likeness (QED) is 0.220. The van der Waals surface area contributed by atoms with Gasteiger partial charge >= 0.3 is 0 Å². The monoisotopic (exact) mass is 296 g/mol. The molecule has 0 radical (unpaired) electrons. The first-order valence-corrected chi connectivity index (χ1v) is 7.07. The molecule has 0 saturated carbocycles. The highest BCUT2D eigenvalue weighted by Crippen LogP contribution is 2.16. The Kier molecular flexibility index (Phi) is 8.15. The molecule has 1 aromatic rings. The van der Waals surface area contributed by atoms with Gasteiger partial charge in [-0.2, -0.15) is 0 Å². The third kappa shape index (κ3) is 5.57. The zero-order chi connectivity index (χ0) is 15.5. The van der Waals surface area contributed by atoms with Crippen LogP contribution in [-0.4, -0.2) is 55.5 Å². The van der Waals surface area contributed by atoms with Crippen molar-refractivity contribution in [2.75, 3.05) is 44.4 Å². The second-order valence-corrected chi connectivity index (χ2v) is 4.24. The summed E-state index contributed by atoms with van der Waals surface area (Å²) >= 11 is 0. The summed E-state index contributed by atoms with van der Waals surface area (Å²) in [5.41, 5.74) is 6.30. The molecule has 0 saturated heterocycles. The Bertz CT molecular complexity index is 430. The second kappa shape index (κ2) is 9.95. The van der Waals surface area contributed by atoms with Crippen LogP contribution in [0.5, 0.6) is 0 Å². The molecular weight excluding hydrogens is 272 g/mol. The minimum Gasteiger partial charge on any atom is -0.409 e. The standard InChI is InChI=1S/C14H24N4O3/c1-3-20-10-8-18(9-11-21-4-2)14-12(13(15)17-19)6-5-7-16-14/h5-7,19H,3-4,8-11H2,1-2H3,(H2,15,17). The number of amidine groups is 1. The Morgan fingerprint density at radius 2 is 1.90 bits per heavy atom. The van der Waals surface area contributed by atoms with Crippen molar-refractivity contribution in [3.8, 4) is 0 Å². The molecule has 1 aromatic heterocycles. The minimum atomic E-state index is 0.0379. The highest BCUT2D eigenvalue weighted by Gasteiger charge is 2.15. The van der Waals surface area contributed by atoms with Crippen LogP contribution in [0.15, 0.2) is 23.5 Å². The molecule has 7 nitrogen and oxygen atoms in total. The number of rotatable bonds is 10. The fourth-order valence-electron chi connectivity index (χ4n) is 1.86. The smallest absolute Gasteiger partial charge is 0.173 e. The van der Waals surface area contributed by atoms with Gasteiger partial charge in [-0.15, -0.1) is 0 Å². The van der Waals surface area contributed by atoms with Crippen LogP contribution in [0.3, 0.4) is 0 Å². The zero-order valence-corrected chi connectivity index (χ0v) is 12.7. The fourth-order valence-corrected chi connectivity index (χ4v) is 1.86. The molecule has 0 unspecified atom stereocenters. The Morgan fingerprint density at radius 1 is 1.29 bits per heavy atom. The number of anilines is 1. The van der Waals surface area contributed by atoms with E-state index in [0.29, 0.717) is 50.9 Å². The zero-order valence-electron chi connectivity index (χ0n) is 12.7. The number of aromatic nitrogens is 1. The van der Waals surface area contributed by atoms with Crippen molar-refractivity contribution >= 4 is 11.7 Å². The maximum Gasteiger partial charge on any atom is 0.173 e. The Morgan fingerprint density at radius 3 is 2.43 bits per heavy atom. The van der Waals surface area contributed by atoms with E-state index in [2.05, 4.69) is 10.1 Å². The molecule has 0 aliphatic heterocycles. The lowest BCUT2D eigenvalue weighted by atomic mass is 10.2. The molecule has 0 bridgehead atoms. The molecule has 3 N–H and O–H groups in total. The highest BCUT2D eigenvalue weighted by atomic mass is 16.5. The lowest BCUT2D eigenvalue weighted by Crippen LogP contribution is -2.34. The summed E-state index contributed by atoms with van der Waals surface area (Å²) in [4.78, 5) is 6.36. The molecule has 0 aromatic carbocycles. The average Bonchev–Trinajstić information content (AvgIpc) is 2.53. The molecule has 0 aliphatic rings. The maximum absolute atomic E-state index is 8.89. The van der Waals surface area contributed by atoms with E-state index in [1.54, 1.807) is 18.3 Å². The van der Waals surface area contributed by atoms with Crippen molar-refractivity contribution < 1.29 is 14.7 Å². The van der Waals surface area contributed by atoms with Crippen molar-refractivity contribution in [1.82, 2.24) is 4.98 Å². The summed E-state index contributed by atoms with van der Waals surface area (Å²) < 4.78 is 10.8. The number of nitrogens with zero attached hydrogens (tertiary/aromatic N) is 3. The first kappa shape index (κ1) is 17.2. The van der Waals surface area contributed by atoms with Gasteiger partial charge in [-0.05, 0) is 26.0 Å². The molecule has 21 heavy (non-hydrogen) atoms.